The summed E-state index contributed by atoms with van der Waals surface area (Å²) in [7, 11) is -3.39. The first-order valence-corrected chi connectivity index (χ1v) is 9.13. The minimum atomic E-state index is -3.39. The van der Waals surface area contributed by atoms with Crippen LogP contribution in [0.4, 0.5) is 5.69 Å². The molecule has 0 heterocycles. The van der Waals surface area contributed by atoms with Gasteiger partial charge in [0, 0.05) is 4.47 Å². The fourth-order valence-electron chi connectivity index (χ4n) is 2.12. The SMILES string of the molecule is Cc1ccc(Br)cc1NS(=O)(=O)CC(C)c1ccccc1. The maximum atomic E-state index is 12.3. The molecule has 0 fully saturated rings. The van der Waals surface area contributed by atoms with E-state index in [0.717, 1.165) is 15.6 Å². The van der Waals surface area contributed by atoms with Crippen molar-refractivity contribution in [1.82, 2.24) is 0 Å². The summed E-state index contributed by atoms with van der Waals surface area (Å²) in [5, 5.41) is 0. The van der Waals surface area contributed by atoms with E-state index in [4.69, 9.17) is 0 Å². The lowest BCUT2D eigenvalue weighted by Gasteiger charge is -2.15. The van der Waals surface area contributed by atoms with E-state index in [1.807, 2.05) is 56.3 Å². The fourth-order valence-corrected chi connectivity index (χ4v) is 3.97. The number of halogens is 1. The Morgan fingerprint density at radius 1 is 1.14 bits per heavy atom. The number of hydrogen-bond donors (Lipinski definition) is 1. The molecule has 0 spiro atoms. The van der Waals surface area contributed by atoms with E-state index >= 15 is 0 Å². The molecule has 0 aromatic heterocycles. The molecule has 0 aliphatic heterocycles. The van der Waals surface area contributed by atoms with Gasteiger partial charge in [-0.3, -0.25) is 4.72 Å². The van der Waals surface area contributed by atoms with Crippen molar-refractivity contribution in [1.29, 1.82) is 0 Å². The van der Waals surface area contributed by atoms with Gasteiger partial charge in [0.1, 0.15) is 0 Å². The Morgan fingerprint density at radius 2 is 1.81 bits per heavy atom. The summed E-state index contributed by atoms with van der Waals surface area (Å²) in [6, 6.07) is 15.2. The van der Waals surface area contributed by atoms with E-state index in [1.54, 1.807) is 6.07 Å². The van der Waals surface area contributed by atoms with Gasteiger partial charge in [0.15, 0.2) is 0 Å². The molecule has 0 bridgehead atoms. The minimum Gasteiger partial charge on any atom is -0.283 e. The van der Waals surface area contributed by atoms with Crippen molar-refractivity contribution in [2.24, 2.45) is 0 Å². The lowest BCUT2D eigenvalue weighted by Crippen LogP contribution is -2.21. The normalized spacial score (nSPS) is 12.9. The van der Waals surface area contributed by atoms with Crippen molar-refractivity contribution < 1.29 is 8.42 Å². The first-order valence-electron chi connectivity index (χ1n) is 6.69. The Labute approximate surface area is 134 Å². The second-order valence-electron chi connectivity index (χ2n) is 5.15. The van der Waals surface area contributed by atoms with Crippen molar-refractivity contribution in [3.63, 3.8) is 0 Å². The van der Waals surface area contributed by atoms with Gasteiger partial charge in [-0.15, -0.1) is 0 Å². The molecular weight excluding hydrogens is 350 g/mol. The average molecular weight is 368 g/mol. The predicted octanol–water partition coefficient (Wildman–Crippen LogP) is 4.30. The highest BCUT2D eigenvalue weighted by Crippen LogP contribution is 2.23. The lowest BCUT2D eigenvalue weighted by molar-refractivity contribution is 0.595. The molecule has 3 nitrogen and oxygen atoms in total. The van der Waals surface area contributed by atoms with Gasteiger partial charge in [-0.25, -0.2) is 8.42 Å². The summed E-state index contributed by atoms with van der Waals surface area (Å²) in [4.78, 5) is 0. The standard InChI is InChI=1S/C16H18BrNO2S/c1-12-8-9-15(17)10-16(12)18-21(19,20)11-13(2)14-6-4-3-5-7-14/h3-10,13,18H,11H2,1-2H3. The van der Waals surface area contributed by atoms with Crippen molar-refractivity contribution in [3.05, 3.63) is 64.1 Å². The summed E-state index contributed by atoms with van der Waals surface area (Å²) >= 11 is 3.36. The Kier molecular flexibility index (Phi) is 5.06. The summed E-state index contributed by atoms with van der Waals surface area (Å²) in [6.07, 6.45) is 0. The molecule has 1 unspecified atom stereocenters. The third-order valence-electron chi connectivity index (χ3n) is 3.30. The van der Waals surface area contributed by atoms with Crippen LogP contribution in [0.3, 0.4) is 0 Å². The number of benzene rings is 2. The van der Waals surface area contributed by atoms with Crippen LogP contribution >= 0.6 is 15.9 Å². The summed E-state index contributed by atoms with van der Waals surface area (Å²) < 4.78 is 28.2. The summed E-state index contributed by atoms with van der Waals surface area (Å²) in [5.74, 6) is -0.000613. The van der Waals surface area contributed by atoms with Crippen molar-refractivity contribution in [2.45, 2.75) is 19.8 Å². The number of nitrogens with one attached hydrogen (secondary N) is 1. The minimum absolute atomic E-state index is 0.0585. The van der Waals surface area contributed by atoms with Crippen LogP contribution in [0.1, 0.15) is 24.0 Å². The van der Waals surface area contributed by atoms with Crippen LogP contribution in [0, 0.1) is 6.92 Å². The van der Waals surface area contributed by atoms with Gasteiger partial charge in [-0.2, -0.15) is 0 Å². The maximum absolute atomic E-state index is 12.3. The third kappa shape index (κ3) is 4.58. The molecule has 1 N–H and O–H groups in total. The predicted molar refractivity (Wildman–Crippen MR) is 91.1 cm³/mol. The van der Waals surface area contributed by atoms with Crippen LogP contribution in [0.5, 0.6) is 0 Å². The molecule has 5 heteroatoms. The van der Waals surface area contributed by atoms with E-state index in [-0.39, 0.29) is 11.7 Å². The molecule has 2 aromatic carbocycles. The Bertz CT molecular complexity index is 714. The third-order valence-corrected chi connectivity index (χ3v) is 5.27. The maximum Gasteiger partial charge on any atom is 0.233 e. The van der Waals surface area contributed by atoms with Gasteiger partial charge in [-0.1, -0.05) is 59.3 Å². The van der Waals surface area contributed by atoms with Crippen LogP contribution in [0.15, 0.2) is 53.0 Å². The van der Waals surface area contributed by atoms with E-state index < -0.39 is 10.0 Å². The van der Waals surface area contributed by atoms with Crippen LogP contribution in [-0.4, -0.2) is 14.2 Å². The van der Waals surface area contributed by atoms with Gasteiger partial charge in [0.2, 0.25) is 10.0 Å². The highest BCUT2D eigenvalue weighted by molar-refractivity contribution is 9.10. The highest BCUT2D eigenvalue weighted by Gasteiger charge is 2.18. The largest absolute Gasteiger partial charge is 0.283 e. The molecule has 0 saturated heterocycles. The zero-order valence-electron chi connectivity index (χ0n) is 12.0. The van der Waals surface area contributed by atoms with Gasteiger partial charge in [-0.05, 0) is 36.1 Å². The fraction of sp³-hybridized carbons (Fsp3) is 0.250. The quantitative estimate of drug-likeness (QED) is 0.855. The molecule has 0 aliphatic carbocycles. The molecule has 21 heavy (non-hydrogen) atoms. The second-order valence-corrected chi connectivity index (χ2v) is 7.84. The van der Waals surface area contributed by atoms with Gasteiger partial charge >= 0.3 is 0 Å². The second kappa shape index (κ2) is 6.62. The van der Waals surface area contributed by atoms with Gasteiger partial charge in [0.05, 0.1) is 11.4 Å². The van der Waals surface area contributed by atoms with Gasteiger partial charge in [0.25, 0.3) is 0 Å². The molecule has 2 rings (SSSR count). The molecule has 0 saturated carbocycles. The van der Waals surface area contributed by atoms with E-state index in [9.17, 15) is 8.42 Å². The molecule has 1 atom stereocenters. The number of hydrogen-bond acceptors (Lipinski definition) is 2. The Balaban J connectivity index is 2.14. The summed E-state index contributed by atoms with van der Waals surface area (Å²) in [5.41, 5.74) is 2.53. The van der Waals surface area contributed by atoms with Gasteiger partial charge < -0.3 is 0 Å². The number of sulfonamides is 1. The van der Waals surface area contributed by atoms with E-state index in [1.165, 1.54) is 0 Å². The zero-order chi connectivity index (χ0) is 15.5. The smallest absolute Gasteiger partial charge is 0.233 e. The average Bonchev–Trinajstić information content (AvgIpc) is 2.43. The Hall–Kier alpha value is -1.33. The van der Waals surface area contributed by atoms with Crippen molar-refractivity contribution in [3.8, 4) is 0 Å². The first kappa shape index (κ1) is 16.0. The molecule has 112 valence electrons. The topological polar surface area (TPSA) is 46.2 Å². The molecular formula is C16H18BrNO2S. The molecule has 0 amide bonds. The zero-order valence-corrected chi connectivity index (χ0v) is 14.4. The van der Waals surface area contributed by atoms with E-state index in [2.05, 4.69) is 20.7 Å². The molecule has 0 radical (unpaired) electrons. The number of rotatable bonds is 5. The lowest BCUT2D eigenvalue weighted by atomic mass is 10.0. The van der Waals surface area contributed by atoms with Crippen molar-refractivity contribution >= 4 is 31.6 Å². The van der Waals surface area contributed by atoms with Crippen LogP contribution in [0.25, 0.3) is 0 Å². The monoisotopic (exact) mass is 367 g/mol. The molecule has 2 aromatic rings. The van der Waals surface area contributed by atoms with Crippen molar-refractivity contribution in [2.75, 3.05) is 10.5 Å². The van der Waals surface area contributed by atoms with Crippen LogP contribution in [0.2, 0.25) is 0 Å². The first-order chi connectivity index (χ1) is 9.87. The molecule has 0 aliphatic rings. The van der Waals surface area contributed by atoms with E-state index in [0.29, 0.717) is 5.69 Å². The van der Waals surface area contributed by atoms with Crippen LogP contribution < -0.4 is 4.72 Å². The van der Waals surface area contributed by atoms with Crippen LogP contribution in [-0.2, 0) is 10.0 Å². The summed E-state index contributed by atoms with van der Waals surface area (Å²) in [6.45, 7) is 3.80. The highest BCUT2D eigenvalue weighted by atomic mass is 79.9. The Morgan fingerprint density at radius 3 is 2.48 bits per heavy atom. The number of anilines is 1. The number of aryl methyl sites for hydroxylation is 1.